The lowest BCUT2D eigenvalue weighted by molar-refractivity contribution is -0.139. The number of likely N-dealkylation sites (tertiary alicyclic amines) is 1. The van der Waals surface area contributed by atoms with Gasteiger partial charge in [-0.2, -0.15) is 0 Å². The Balaban J connectivity index is 1.67. The molecule has 2 fully saturated rings. The Labute approximate surface area is 171 Å². The van der Waals surface area contributed by atoms with Gasteiger partial charge in [0.1, 0.15) is 11.9 Å². The number of rotatable bonds is 6. The maximum Gasteiger partial charge on any atom is 0.245 e. The highest BCUT2D eigenvalue weighted by molar-refractivity contribution is 6.01. The standard InChI is InChI=1S/C22H30FN3O3/c1-3-15(2)20(22(29)25-11-5-4-6-12-25)24-21(28)16-13-19(27)26(14-16)18-9-7-17(23)8-10-18/h7-10,15-16,20H,3-6,11-14H2,1-2H3,(H,24,28). The zero-order valence-electron chi connectivity index (χ0n) is 17.2. The molecule has 0 spiro atoms. The summed E-state index contributed by atoms with van der Waals surface area (Å²) < 4.78 is 13.2. The van der Waals surface area contributed by atoms with Crippen molar-refractivity contribution in [3.05, 3.63) is 30.1 Å². The molecule has 0 aromatic heterocycles. The zero-order chi connectivity index (χ0) is 21.0. The lowest BCUT2D eigenvalue weighted by Gasteiger charge is -2.33. The molecule has 3 unspecified atom stereocenters. The summed E-state index contributed by atoms with van der Waals surface area (Å²) in [5.41, 5.74) is 0.578. The van der Waals surface area contributed by atoms with E-state index in [0.29, 0.717) is 5.69 Å². The van der Waals surface area contributed by atoms with Crippen LogP contribution < -0.4 is 10.2 Å². The van der Waals surface area contributed by atoms with Crippen LogP contribution in [0, 0.1) is 17.7 Å². The van der Waals surface area contributed by atoms with Crippen LogP contribution in [0.4, 0.5) is 10.1 Å². The van der Waals surface area contributed by atoms with Gasteiger partial charge in [0.2, 0.25) is 17.7 Å². The van der Waals surface area contributed by atoms with E-state index in [1.165, 1.54) is 29.2 Å². The van der Waals surface area contributed by atoms with Gasteiger partial charge in [-0.05, 0) is 49.4 Å². The van der Waals surface area contributed by atoms with Crippen molar-refractivity contribution in [1.82, 2.24) is 10.2 Å². The second kappa shape index (κ2) is 9.37. The first-order valence-corrected chi connectivity index (χ1v) is 10.6. The molecule has 2 aliphatic heterocycles. The van der Waals surface area contributed by atoms with Gasteiger partial charge in [-0.1, -0.05) is 20.3 Å². The Hall–Kier alpha value is -2.44. The fourth-order valence-electron chi connectivity index (χ4n) is 4.02. The minimum Gasteiger partial charge on any atom is -0.344 e. The summed E-state index contributed by atoms with van der Waals surface area (Å²) in [7, 11) is 0. The zero-order valence-corrected chi connectivity index (χ0v) is 17.2. The molecule has 1 aromatic rings. The van der Waals surface area contributed by atoms with E-state index >= 15 is 0 Å². The number of nitrogens with zero attached hydrogens (tertiary/aromatic N) is 2. The molecule has 0 aliphatic carbocycles. The third-order valence-corrected chi connectivity index (χ3v) is 6.08. The van der Waals surface area contributed by atoms with Gasteiger partial charge >= 0.3 is 0 Å². The van der Waals surface area contributed by atoms with Crippen LogP contribution in [-0.4, -0.2) is 48.3 Å². The van der Waals surface area contributed by atoms with Crippen LogP contribution in [0.3, 0.4) is 0 Å². The van der Waals surface area contributed by atoms with E-state index in [1.807, 2.05) is 18.7 Å². The van der Waals surface area contributed by atoms with E-state index in [4.69, 9.17) is 0 Å². The first kappa shape index (κ1) is 21.3. The normalized spacial score (nSPS) is 21.8. The summed E-state index contributed by atoms with van der Waals surface area (Å²) in [5.74, 6) is -1.33. The average Bonchev–Trinajstić information content (AvgIpc) is 3.13. The third kappa shape index (κ3) is 4.95. The summed E-state index contributed by atoms with van der Waals surface area (Å²) in [4.78, 5) is 41.7. The van der Waals surface area contributed by atoms with E-state index in [9.17, 15) is 18.8 Å². The summed E-state index contributed by atoms with van der Waals surface area (Å²) in [6.45, 7) is 5.69. The Bertz CT molecular complexity index is 746. The number of carbonyl (C=O) groups excluding carboxylic acids is 3. The van der Waals surface area contributed by atoms with Crippen LogP contribution in [0.2, 0.25) is 0 Å². The molecule has 2 heterocycles. The molecular weight excluding hydrogens is 373 g/mol. The number of carbonyl (C=O) groups is 3. The molecule has 1 aromatic carbocycles. The molecule has 158 valence electrons. The Kier molecular flexibility index (Phi) is 6.87. The molecule has 0 radical (unpaired) electrons. The fraction of sp³-hybridized carbons (Fsp3) is 0.591. The lowest BCUT2D eigenvalue weighted by atomic mass is 9.95. The number of halogens is 1. The summed E-state index contributed by atoms with van der Waals surface area (Å²) in [6, 6.07) is 5.10. The molecule has 3 atom stereocenters. The molecule has 2 aliphatic rings. The van der Waals surface area contributed by atoms with Crippen molar-refractivity contribution in [2.45, 2.75) is 52.0 Å². The predicted molar refractivity (Wildman–Crippen MR) is 109 cm³/mol. The van der Waals surface area contributed by atoms with Crippen molar-refractivity contribution in [3.8, 4) is 0 Å². The van der Waals surface area contributed by atoms with Crippen LogP contribution in [0.15, 0.2) is 24.3 Å². The smallest absolute Gasteiger partial charge is 0.245 e. The Morgan fingerprint density at radius 3 is 2.45 bits per heavy atom. The number of amides is 3. The van der Waals surface area contributed by atoms with Crippen molar-refractivity contribution in [2.24, 2.45) is 11.8 Å². The van der Waals surface area contributed by atoms with Gasteiger partial charge in [-0.15, -0.1) is 0 Å². The molecule has 29 heavy (non-hydrogen) atoms. The molecule has 6 nitrogen and oxygen atoms in total. The predicted octanol–water partition coefficient (Wildman–Crippen LogP) is 2.72. The number of piperidine rings is 1. The topological polar surface area (TPSA) is 69.7 Å². The first-order chi connectivity index (χ1) is 13.9. The van der Waals surface area contributed by atoms with Crippen molar-refractivity contribution >= 4 is 23.4 Å². The molecular formula is C22H30FN3O3. The van der Waals surface area contributed by atoms with Gasteiger partial charge in [-0.3, -0.25) is 14.4 Å². The maximum absolute atomic E-state index is 13.2. The van der Waals surface area contributed by atoms with E-state index in [2.05, 4.69) is 5.32 Å². The van der Waals surface area contributed by atoms with Crippen LogP contribution in [0.5, 0.6) is 0 Å². The highest BCUT2D eigenvalue weighted by atomic mass is 19.1. The fourth-order valence-corrected chi connectivity index (χ4v) is 4.02. The van der Waals surface area contributed by atoms with Crippen molar-refractivity contribution in [3.63, 3.8) is 0 Å². The van der Waals surface area contributed by atoms with Crippen LogP contribution in [-0.2, 0) is 14.4 Å². The van der Waals surface area contributed by atoms with E-state index in [0.717, 1.165) is 38.8 Å². The van der Waals surface area contributed by atoms with Crippen molar-refractivity contribution in [2.75, 3.05) is 24.5 Å². The molecule has 0 bridgehead atoms. The van der Waals surface area contributed by atoms with Gasteiger partial charge in [0.25, 0.3) is 0 Å². The van der Waals surface area contributed by atoms with E-state index in [-0.39, 0.29) is 42.4 Å². The third-order valence-electron chi connectivity index (χ3n) is 6.08. The second-order valence-electron chi connectivity index (χ2n) is 8.14. The number of hydrogen-bond donors (Lipinski definition) is 1. The average molecular weight is 403 g/mol. The Morgan fingerprint density at radius 1 is 1.17 bits per heavy atom. The van der Waals surface area contributed by atoms with Gasteiger partial charge in [0.05, 0.1) is 5.92 Å². The minimum absolute atomic E-state index is 0.0127. The SMILES string of the molecule is CCC(C)C(NC(=O)C1CC(=O)N(c2ccc(F)cc2)C1)C(=O)N1CCCCC1. The van der Waals surface area contributed by atoms with Gasteiger partial charge in [0, 0.05) is 31.7 Å². The number of nitrogens with one attached hydrogen (secondary N) is 1. The highest BCUT2D eigenvalue weighted by Gasteiger charge is 2.38. The largest absolute Gasteiger partial charge is 0.344 e. The molecule has 0 saturated carbocycles. The van der Waals surface area contributed by atoms with Crippen molar-refractivity contribution in [1.29, 1.82) is 0 Å². The van der Waals surface area contributed by atoms with Crippen LogP contribution in [0.25, 0.3) is 0 Å². The summed E-state index contributed by atoms with van der Waals surface area (Å²) in [6.07, 6.45) is 3.99. The highest BCUT2D eigenvalue weighted by Crippen LogP contribution is 2.26. The molecule has 2 saturated heterocycles. The van der Waals surface area contributed by atoms with Crippen LogP contribution in [0.1, 0.15) is 46.0 Å². The maximum atomic E-state index is 13.2. The summed E-state index contributed by atoms with van der Waals surface area (Å²) in [5, 5.41) is 2.94. The Morgan fingerprint density at radius 2 is 1.83 bits per heavy atom. The first-order valence-electron chi connectivity index (χ1n) is 10.6. The van der Waals surface area contributed by atoms with E-state index in [1.54, 1.807) is 0 Å². The van der Waals surface area contributed by atoms with Gasteiger partial charge < -0.3 is 15.1 Å². The molecule has 3 amide bonds. The van der Waals surface area contributed by atoms with Crippen molar-refractivity contribution < 1.29 is 18.8 Å². The summed E-state index contributed by atoms with van der Waals surface area (Å²) >= 11 is 0. The monoisotopic (exact) mass is 403 g/mol. The lowest BCUT2D eigenvalue weighted by Crippen LogP contribution is -2.54. The van der Waals surface area contributed by atoms with Gasteiger partial charge in [-0.25, -0.2) is 4.39 Å². The van der Waals surface area contributed by atoms with Gasteiger partial charge in [0.15, 0.2) is 0 Å². The second-order valence-corrected chi connectivity index (χ2v) is 8.14. The minimum atomic E-state index is -0.569. The molecule has 1 N–H and O–H groups in total. The quantitative estimate of drug-likeness (QED) is 0.794. The van der Waals surface area contributed by atoms with E-state index < -0.39 is 12.0 Å². The number of benzene rings is 1. The number of anilines is 1. The van der Waals surface area contributed by atoms with Crippen LogP contribution >= 0.6 is 0 Å². The molecule has 3 rings (SSSR count). The molecule has 7 heteroatoms. The number of hydrogen-bond acceptors (Lipinski definition) is 3.